The lowest BCUT2D eigenvalue weighted by Gasteiger charge is -2.00. The van der Waals surface area contributed by atoms with E-state index in [2.05, 4.69) is 15.7 Å². The van der Waals surface area contributed by atoms with Crippen LogP contribution in [0.15, 0.2) is 5.38 Å². The van der Waals surface area contributed by atoms with Crippen molar-refractivity contribution >= 4 is 11.3 Å². The minimum Gasteiger partial charge on any atom is -0.381 e. The van der Waals surface area contributed by atoms with Crippen LogP contribution in [0.25, 0.3) is 0 Å². The maximum absolute atomic E-state index is 5.36. The minimum atomic E-state index is 0.559. The van der Waals surface area contributed by atoms with Crippen molar-refractivity contribution in [3.63, 3.8) is 0 Å². The van der Waals surface area contributed by atoms with Gasteiger partial charge in [0.05, 0.1) is 17.3 Å². The summed E-state index contributed by atoms with van der Waals surface area (Å²) in [5, 5.41) is 6.56. The molecule has 0 saturated carbocycles. The van der Waals surface area contributed by atoms with E-state index in [9.17, 15) is 0 Å². The standard InChI is InChI=1S/C10H16N2OS/c1-11-4-2-9-7-14-10(12-9)8-3-5-13-6-8/h7-8,11H,2-6H2,1H3. The molecular formula is C10H16N2OS. The first kappa shape index (κ1) is 10.1. The number of aromatic nitrogens is 1. The molecule has 78 valence electrons. The van der Waals surface area contributed by atoms with Crippen LogP contribution in [0, 0.1) is 0 Å². The van der Waals surface area contributed by atoms with Crippen LogP contribution in [-0.4, -0.2) is 31.8 Å². The minimum absolute atomic E-state index is 0.559. The van der Waals surface area contributed by atoms with Gasteiger partial charge in [-0.25, -0.2) is 4.98 Å². The number of nitrogens with zero attached hydrogens (tertiary/aromatic N) is 1. The van der Waals surface area contributed by atoms with E-state index in [4.69, 9.17) is 4.74 Å². The molecule has 1 atom stereocenters. The van der Waals surface area contributed by atoms with Crippen LogP contribution in [0.1, 0.15) is 23.0 Å². The highest BCUT2D eigenvalue weighted by Crippen LogP contribution is 2.27. The summed E-state index contributed by atoms with van der Waals surface area (Å²) in [5.41, 5.74) is 1.21. The lowest BCUT2D eigenvalue weighted by molar-refractivity contribution is 0.194. The van der Waals surface area contributed by atoms with Gasteiger partial charge in [-0.2, -0.15) is 0 Å². The van der Waals surface area contributed by atoms with Crippen LogP contribution in [0.4, 0.5) is 0 Å². The fraction of sp³-hybridized carbons (Fsp3) is 0.700. The first-order chi connectivity index (χ1) is 6.90. The van der Waals surface area contributed by atoms with Gasteiger partial charge in [0.1, 0.15) is 0 Å². The zero-order valence-corrected chi connectivity index (χ0v) is 9.27. The second kappa shape index (κ2) is 4.87. The third-order valence-corrected chi connectivity index (χ3v) is 3.54. The molecule has 0 amide bonds. The van der Waals surface area contributed by atoms with Crippen LogP contribution in [-0.2, 0) is 11.2 Å². The summed E-state index contributed by atoms with van der Waals surface area (Å²) < 4.78 is 5.36. The Morgan fingerprint density at radius 3 is 3.36 bits per heavy atom. The summed E-state index contributed by atoms with van der Waals surface area (Å²) in [7, 11) is 1.97. The van der Waals surface area contributed by atoms with Crippen molar-refractivity contribution in [1.29, 1.82) is 0 Å². The van der Waals surface area contributed by atoms with Crippen LogP contribution in [0.3, 0.4) is 0 Å². The van der Waals surface area contributed by atoms with E-state index >= 15 is 0 Å². The Labute approximate surface area is 88.5 Å². The first-order valence-electron chi connectivity index (χ1n) is 5.07. The Bertz CT molecular complexity index is 281. The summed E-state index contributed by atoms with van der Waals surface area (Å²) in [5.74, 6) is 0.559. The van der Waals surface area contributed by atoms with Gasteiger partial charge in [0, 0.05) is 30.9 Å². The average molecular weight is 212 g/mol. The van der Waals surface area contributed by atoms with Crippen LogP contribution < -0.4 is 5.32 Å². The summed E-state index contributed by atoms with van der Waals surface area (Å²) >= 11 is 1.78. The molecule has 0 aromatic carbocycles. The number of likely N-dealkylation sites (N-methyl/N-ethyl adjacent to an activating group) is 1. The van der Waals surface area contributed by atoms with E-state index in [0.717, 1.165) is 32.6 Å². The van der Waals surface area contributed by atoms with E-state index in [1.54, 1.807) is 11.3 Å². The molecule has 1 unspecified atom stereocenters. The molecular weight excluding hydrogens is 196 g/mol. The molecule has 0 bridgehead atoms. The molecule has 3 nitrogen and oxygen atoms in total. The fourth-order valence-electron chi connectivity index (χ4n) is 1.61. The molecule has 0 spiro atoms. The van der Waals surface area contributed by atoms with E-state index < -0.39 is 0 Å². The zero-order chi connectivity index (χ0) is 9.80. The molecule has 0 radical (unpaired) electrons. The molecule has 1 N–H and O–H groups in total. The number of hydrogen-bond donors (Lipinski definition) is 1. The highest BCUT2D eigenvalue weighted by Gasteiger charge is 2.20. The van der Waals surface area contributed by atoms with Crippen molar-refractivity contribution < 1.29 is 4.74 Å². The molecule has 2 heterocycles. The molecule has 0 aliphatic carbocycles. The molecule has 1 aromatic heterocycles. The molecule has 1 aliphatic rings. The normalized spacial score (nSPS) is 21.6. The largest absolute Gasteiger partial charge is 0.381 e. The molecule has 4 heteroatoms. The van der Waals surface area contributed by atoms with Crippen molar-refractivity contribution in [3.8, 4) is 0 Å². The van der Waals surface area contributed by atoms with Gasteiger partial charge < -0.3 is 10.1 Å². The summed E-state index contributed by atoms with van der Waals surface area (Å²) in [4.78, 5) is 4.63. The van der Waals surface area contributed by atoms with Gasteiger partial charge in [-0.3, -0.25) is 0 Å². The second-order valence-corrected chi connectivity index (χ2v) is 4.48. The fourth-order valence-corrected chi connectivity index (χ4v) is 2.58. The molecule has 1 aromatic rings. The van der Waals surface area contributed by atoms with Gasteiger partial charge >= 0.3 is 0 Å². The van der Waals surface area contributed by atoms with Gasteiger partial charge in [-0.05, 0) is 13.5 Å². The lowest BCUT2D eigenvalue weighted by Crippen LogP contribution is -2.10. The SMILES string of the molecule is CNCCc1csc(C2CCOC2)n1. The molecule has 1 saturated heterocycles. The summed E-state index contributed by atoms with van der Waals surface area (Å²) in [6, 6.07) is 0. The highest BCUT2D eigenvalue weighted by atomic mass is 32.1. The third-order valence-electron chi connectivity index (χ3n) is 2.48. The Kier molecular flexibility index (Phi) is 3.50. The molecule has 14 heavy (non-hydrogen) atoms. The number of rotatable bonds is 4. The van der Waals surface area contributed by atoms with Gasteiger partial charge in [-0.15, -0.1) is 11.3 Å². The Balaban J connectivity index is 1.94. The first-order valence-corrected chi connectivity index (χ1v) is 5.94. The zero-order valence-electron chi connectivity index (χ0n) is 8.45. The van der Waals surface area contributed by atoms with Crippen molar-refractivity contribution in [1.82, 2.24) is 10.3 Å². The van der Waals surface area contributed by atoms with Crippen molar-refractivity contribution in [2.24, 2.45) is 0 Å². The van der Waals surface area contributed by atoms with Crippen molar-refractivity contribution in [3.05, 3.63) is 16.1 Å². The molecule has 2 rings (SSSR count). The van der Waals surface area contributed by atoms with Crippen molar-refractivity contribution in [2.45, 2.75) is 18.8 Å². The predicted molar refractivity (Wildman–Crippen MR) is 57.9 cm³/mol. The maximum atomic E-state index is 5.36. The van der Waals surface area contributed by atoms with E-state index in [0.29, 0.717) is 5.92 Å². The quantitative estimate of drug-likeness (QED) is 0.819. The average Bonchev–Trinajstić information content (AvgIpc) is 2.85. The number of ether oxygens (including phenoxy) is 1. The van der Waals surface area contributed by atoms with Crippen LogP contribution in [0.5, 0.6) is 0 Å². The van der Waals surface area contributed by atoms with Crippen LogP contribution in [0.2, 0.25) is 0 Å². The lowest BCUT2D eigenvalue weighted by atomic mass is 10.1. The Hall–Kier alpha value is -0.450. The van der Waals surface area contributed by atoms with Gasteiger partial charge in [0.2, 0.25) is 0 Å². The third kappa shape index (κ3) is 2.32. The van der Waals surface area contributed by atoms with Crippen molar-refractivity contribution in [2.75, 3.05) is 26.8 Å². The van der Waals surface area contributed by atoms with E-state index in [1.807, 2.05) is 7.05 Å². The monoisotopic (exact) mass is 212 g/mol. The number of hydrogen-bond acceptors (Lipinski definition) is 4. The number of nitrogens with one attached hydrogen (secondary N) is 1. The van der Waals surface area contributed by atoms with E-state index in [1.165, 1.54) is 10.7 Å². The van der Waals surface area contributed by atoms with Gasteiger partial charge in [0.25, 0.3) is 0 Å². The van der Waals surface area contributed by atoms with Gasteiger partial charge in [0.15, 0.2) is 0 Å². The van der Waals surface area contributed by atoms with Crippen LogP contribution >= 0.6 is 11.3 Å². The predicted octanol–water partition coefficient (Wildman–Crippen LogP) is 1.41. The summed E-state index contributed by atoms with van der Waals surface area (Å²) in [6.45, 7) is 2.76. The Morgan fingerprint density at radius 2 is 2.64 bits per heavy atom. The number of thiazole rings is 1. The second-order valence-electron chi connectivity index (χ2n) is 3.59. The topological polar surface area (TPSA) is 34.1 Å². The molecule has 1 aliphatic heterocycles. The highest BCUT2D eigenvalue weighted by molar-refractivity contribution is 7.09. The summed E-state index contributed by atoms with van der Waals surface area (Å²) in [6.07, 6.45) is 2.17. The maximum Gasteiger partial charge on any atom is 0.0983 e. The van der Waals surface area contributed by atoms with Gasteiger partial charge in [-0.1, -0.05) is 0 Å². The molecule has 1 fully saturated rings. The van der Waals surface area contributed by atoms with E-state index in [-0.39, 0.29) is 0 Å². The smallest absolute Gasteiger partial charge is 0.0983 e. The Morgan fingerprint density at radius 1 is 1.71 bits per heavy atom.